The van der Waals surface area contributed by atoms with Crippen LogP contribution in [0, 0.1) is 4.91 Å². The second-order valence-electron chi connectivity index (χ2n) is 3.53. The summed E-state index contributed by atoms with van der Waals surface area (Å²) in [6.45, 7) is 0. The van der Waals surface area contributed by atoms with Crippen LogP contribution in [0.3, 0.4) is 0 Å². The molecule has 0 spiro atoms. The van der Waals surface area contributed by atoms with Crippen LogP contribution in [-0.4, -0.2) is 15.1 Å². The molecule has 5 heteroatoms. The molecule has 2 aromatic heterocycles. The van der Waals surface area contributed by atoms with Gasteiger partial charge in [0.05, 0.1) is 5.52 Å². The maximum Gasteiger partial charge on any atom is 0.219 e. The van der Waals surface area contributed by atoms with Crippen molar-refractivity contribution in [1.29, 1.82) is 0 Å². The van der Waals surface area contributed by atoms with Crippen LogP contribution in [-0.2, 0) is 0 Å². The highest BCUT2D eigenvalue weighted by Crippen LogP contribution is 2.36. The monoisotopic (exact) mass is 213 g/mol. The summed E-state index contributed by atoms with van der Waals surface area (Å²) in [6.07, 6.45) is 3.39. The number of nitroso groups, excluding NO2 is 1. The molecule has 0 saturated carbocycles. The molecule has 78 valence electrons. The number of pyridine rings is 1. The lowest BCUT2D eigenvalue weighted by atomic mass is 10.1. The fraction of sp³-hybridized carbons (Fsp3) is 0. The van der Waals surface area contributed by atoms with Gasteiger partial charge in [-0.25, -0.2) is 0 Å². The fourth-order valence-corrected chi connectivity index (χ4v) is 1.84. The number of nitrogens with one attached hydrogen (secondary N) is 1. The van der Waals surface area contributed by atoms with E-state index in [2.05, 4.69) is 15.1 Å². The number of fused-ring (bicyclic) bond motifs is 2. The molecule has 0 fully saturated rings. The smallest absolute Gasteiger partial charge is 0.219 e. The van der Waals surface area contributed by atoms with E-state index in [1.807, 2.05) is 12.1 Å². The Morgan fingerprint density at radius 1 is 1.31 bits per heavy atom. The first-order valence-corrected chi connectivity index (χ1v) is 4.71. The van der Waals surface area contributed by atoms with Crippen LogP contribution in [0.5, 0.6) is 5.88 Å². The number of aromatic nitrogens is 2. The van der Waals surface area contributed by atoms with Gasteiger partial charge in [0, 0.05) is 23.2 Å². The molecule has 0 radical (unpaired) electrons. The van der Waals surface area contributed by atoms with Crippen molar-refractivity contribution in [3.05, 3.63) is 35.5 Å². The van der Waals surface area contributed by atoms with Crippen LogP contribution >= 0.6 is 0 Å². The van der Waals surface area contributed by atoms with Gasteiger partial charge in [0.2, 0.25) is 5.88 Å². The van der Waals surface area contributed by atoms with Crippen molar-refractivity contribution in [2.75, 3.05) is 0 Å². The minimum absolute atomic E-state index is 0.0424. The van der Waals surface area contributed by atoms with Crippen LogP contribution in [0.15, 0.2) is 35.8 Å². The quantitative estimate of drug-likeness (QED) is 0.610. The van der Waals surface area contributed by atoms with Gasteiger partial charge in [-0.3, -0.25) is 4.98 Å². The summed E-state index contributed by atoms with van der Waals surface area (Å²) >= 11 is 0. The van der Waals surface area contributed by atoms with E-state index < -0.39 is 0 Å². The number of benzene rings is 1. The third-order valence-corrected chi connectivity index (χ3v) is 2.60. The Morgan fingerprint density at radius 3 is 3.00 bits per heavy atom. The SMILES string of the molecule is O=Nc1c(O)[nH]c2cc3ccncc3cc12. The van der Waals surface area contributed by atoms with Crippen molar-refractivity contribution in [2.45, 2.75) is 0 Å². The molecule has 0 unspecified atom stereocenters. The van der Waals surface area contributed by atoms with E-state index in [0.29, 0.717) is 10.9 Å². The molecule has 1 aromatic carbocycles. The van der Waals surface area contributed by atoms with E-state index in [4.69, 9.17) is 0 Å². The predicted octanol–water partition coefficient (Wildman–Crippen LogP) is 2.82. The topological polar surface area (TPSA) is 78.3 Å². The summed E-state index contributed by atoms with van der Waals surface area (Å²) in [6, 6.07) is 5.49. The minimum Gasteiger partial charge on any atom is -0.493 e. The summed E-state index contributed by atoms with van der Waals surface area (Å²) in [5.74, 6) is -0.201. The number of hydrogen-bond acceptors (Lipinski definition) is 4. The molecule has 16 heavy (non-hydrogen) atoms. The Labute approximate surface area is 89.7 Å². The normalized spacial score (nSPS) is 11.0. The van der Waals surface area contributed by atoms with Crippen LogP contribution in [0.25, 0.3) is 21.7 Å². The van der Waals surface area contributed by atoms with Gasteiger partial charge in [-0.2, -0.15) is 0 Å². The Kier molecular flexibility index (Phi) is 1.67. The molecule has 3 aromatic rings. The second-order valence-corrected chi connectivity index (χ2v) is 3.53. The van der Waals surface area contributed by atoms with Crippen LogP contribution < -0.4 is 0 Å². The number of aromatic amines is 1. The van der Waals surface area contributed by atoms with Crippen molar-refractivity contribution in [2.24, 2.45) is 5.18 Å². The average molecular weight is 213 g/mol. The Hall–Kier alpha value is -2.43. The van der Waals surface area contributed by atoms with E-state index in [1.165, 1.54) is 0 Å². The van der Waals surface area contributed by atoms with E-state index in [1.54, 1.807) is 18.5 Å². The minimum atomic E-state index is -0.201. The van der Waals surface area contributed by atoms with Crippen molar-refractivity contribution in [3.8, 4) is 5.88 Å². The second kappa shape index (κ2) is 3.03. The van der Waals surface area contributed by atoms with Crippen LogP contribution in [0.2, 0.25) is 0 Å². The molecule has 0 atom stereocenters. The average Bonchev–Trinajstić information content (AvgIpc) is 2.60. The van der Waals surface area contributed by atoms with E-state index in [0.717, 1.165) is 10.8 Å². The number of nitrogens with zero attached hydrogens (tertiary/aromatic N) is 2. The van der Waals surface area contributed by atoms with Crippen molar-refractivity contribution < 1.29 is 5.11 Å². The molecule has 0 aliphatic rings. The lowest BCUT2D eigenvalue weighted by Crippen LogP contribution is -1.75. The maximum absolute atomic E-state index is 10.6. The molecule has 0 amide bonds. The van der Waals surface area contributed by atoms with E-state index in [-0.39, 0.29) is 11.6 Å². The summed E-state index contributed by atoms with van der Waals surface area (Å²) in [4.78, 5) is 17.3. The summed E-state index contributed by atoms with van der Waals surface area (Å²) in [5.41, 5.74) is 0.728. The van der Waals surface area contributed by atoms with Crippen LogP contribution in [0.1, 0.15) is 0 Å². The number of aromatic hydroxyl groups is 1. The standard InChI is InChI=1S/C11H7N3O2/c15-11-10(14-16)8-3-7-5-12-2-1-6(7)4-9(8)13-11/h1-5,13,15H. The van der Waals surface area contributed by atoms with Gasteiger partial charge in [-0.1, -0.05) is 0 Å². The first-order valence-electron chi connectivity index (χ1n) is 4.71. The number of H-pyrrole nitrogens is 1. The van der Waals surface area contributed by atoms with Gasteiger partial charge in [0.15, 0.2) is 5.69 Å². The molecular weight excluding hydrogens is 206 g/mol. The number of hydrogen-bond donors (Lipinski definition) is 2. The summed E-state index contributed by atoms with van der Waals surface area (Å²) in [5, 5.41) is 14.8. The molecule has 3 rings (SSSR count). The molecule has 0 aliphatic carbocycles. The Morgan fingerprint density at radius 2 is 2.19 bits per heavy atom. The molecule has 2 N–H and O–H groups in total. The van der Waals surface area contributed by atoms with Gasteiger partial charge >= 0.3 is 0 Å². The molecule has 0 saturated heterocycles. The van der Waals surface area contributed by atoms with Gasteiger partial charge in [-0.05, 0) is 28.8 Å². The molecular formula is C11H7N3O2. The van der Waals surface area contributed by atoms with Gasteiger partial charge in [0.25, 0.3) is 0 Å². The highest BCUT2D eigenvalue weighted by atomic mass is 16.3. The van der Waals surface area contributed by atoms with Gasteiger partial charge < -0.3 is 10.1 Å². The number of rotatable bonds is 1. The van der Waals surface area contributed by atoms with Crippen molar-refractivity contribution in [3.63, 3.8) is 0 Å². The van der Waals surface area contributed by atoms with Crippen molar-refractivity contribution in [1.82, 2.24) is 9.97 Å². The molecule has 0 bridgehead atoms. The third-order valence-electron chi connectivity index (χ3n) is 2.60. The lowest BCUT2D eigenvalue weighted by molar-refractivity contribution is 0.460. The highest BCUT2D eigenvalue weighted by Gasteiger charge is 2.11. The van der Waals surface area contributed by atoms with Crippen LogP contribution in [0.4, 0.5) is 5.69 Å². The zero-order valence-electron chi connectivity index (χ0n) is 8.14. The van der Waals surface area contributed by atoms with Gasteiger partial charge in [-0.15, -0.1) is 4.91 Å². The first-order chi connectivity index (χ1) is 7.79. The highest BCUT2D eigenvalue weighted by molar-refractivity contribution is 6.03. The summed E-state index contributed by atoms with van der Waals surface area (Å²) < 4.78 is 0. The van der Waals surface area contributed by atoms with E-state index >= 15 is 0 Å². The fourth-order valence-electron chi connectivity index (χ4n) is 1.84. The molecule has 0 aliphatic heterocycles. The molecule has 5 nitrogen and oxygen atoms in total. The first kappa shape index (κ1) is 8.84. The largest absolute Gasteiger partial charge is 0.493 e. The predicted molar refractivity (Wildman–Crippen MR) is 60.7 cm³/mol. The molecule has 2 heterocycles. The van der Waals surface area contributed by atoms with Crippen molar-refractivity contribution >= 4 is 27.4 Å². The Bertz CT molecular complexity index is 703. The zero-order chi connectivity index (χ0) is 11.1. The maximum atomic E-state index is 10.6. The zero-order valence-corrected chi connectivity index (χ0v) is 8.14. The summed E-state index contributed by atoms with van der Waals surface area (Å²) in [7, 11) is 0. The lowest BCUT2D eigenvalue weighted by Gasteiger charge is -1.96. The van der Waals surface area contributed by atoms with Gasteiger partial charge in [0.1, 0.15) is 0 Å². The third kappa shape index (κ3) is 1.08. The van der Waals surface area contributed by atoms with E-state index in [9.17, 15) is 10.0 Å². The Balaban J connectivity index is 2.51.